The number of hydrogen-bond acceptors (Lipinski definition) is 1. The Morgan fingerprint density at radius 1 is 0.833 bits per heavy atom. The van der Waals surface area contributed by atoms with E-state index in [0.717, 1.165) is 23.4 Å². The van der Waals surface area contributed by atoms with Crippen LogP contribution in [0.5, 0.6) is 0 Å². The molecular weight excluding hydrogens is 316 g/mol. The number of carbonyl (C=O) groups excluding carboxylic acids is 1. The van der Waals surface area contributed by atoms with Crippen molar-refractivity contribution in [3.63, 3.8) is 0 Å². The number of carbonyl (C=O) groups is 1. The summed E-state index contributed by atoms with van der Waals surface area (Å²) in [6, 6.07) is 16.5. The van der Waals surface area contributed by atoms with E-state index in [1.165, 1.54) is 36.8 Å². The first-order valence-corrected chi connectivity index (χ1v) is 9.48. The number of Topliss-reactive ketones (excluding diaryl/α,β-unsaturated/α-hetero) is 1. The van der Waals surface area contributed by atoms with Gasteiger partial charge in [0.2, 0.25) is 0 Å². The van der Waals surface area contributed by atoms with Crippen molar-refractivity contribution in [2.75, 3.05) is 0 Å². The summed E-state index contributed by atoms with van der Waals surface area (Å²) < 4.78 is 0. The highest BCUT2D eigenvalue weighted by Crippen LogP contribution is 2.42. The molecule has 2 aromatic rings. The zero-order chi connectivity index (χ0) is 16.5. The maximum Gasteiger partial charge on any atom is 0.166 e. The Morgan fingerprint density at radius 2 is 1.54 bits per heavy atom. The summed E-state index contributed by atoms with van der Waals surface area (Å²) in [5.74, 6) is 1.83. The largest absolute Gasteiger partial charge is 0.294 e. The molecule has 1 saturated carbocycles. The van der Waals surface area contributed by atoms with Crippen molar-refractivity contribution >= 4 is 17.4 Å². The molecule has 124 valence electrons. The second kappa shape index (κ2) is 6.72. The molecule has 2 heteroatoms. The van der Waals surface area contributed by atoms with Crippen molar-refractivity contribution < 1.29 is 4.79 Å². The van der Waals surface area contributed by atoms with Crippen molar-refractivity contribution in [3.05, 3.63) is 70.2 Å². The molecule has 2 aliphatic rings. The third-order valence-corrected chi connectivity index (χ3v) is 6.28. The van der Waals surface area contributed by atoms with Gasteiger partial charge in [-0.05, 0) is 73.6 Å². The van der Waals surface area contributed by atoms with E-state index in [-0.39, 0.29) is 5.92 Å². The van der Waals surface area contributed by atoms with E-state index in [1.807, 2.05) is 30.3 Å². The second-order valence-corrected chi connectivity index (χ2v) is 7.77. The summed E-state index contributed by atoms with van der Waals surface area (Å²) in [6.45, 7) is 0. The molecule has 2 aromatic carbocycles. The van der Waals surface area contributed by atoms with Gasteiger partial charge in [-0.15, -0.1) is 0 Å². The molecule has 0 aromatic heterocycles. The first-order chi connectivity index (χ1) is 11.7. The minimum Gasteiger partial charge on any atom is -0.294 e. The molecule has 1 nitrogen and oxygen atoms in total. The normalized spacial score (nSPS) is 26.9. The van der Waals surface area contributed by atoms with E-state index < -0.39 is 0 Å². The standard InChI is InChI=1S/C22H23ClO/c23-19-12-9-16(10-13-19)15-5-7-18(8-6-15)21-14-11-17-3-1-2-4-20(17)22(21)24/h1-4,9-10,12-13,15,18,21H,5-8,11,14H2/t15-,18+,21?. The SMILES string of the molecule is O=C1c2ccccc2CCC1[C@H]1CC[C@@H](c2ccc(Cl)cc2)CC1. The smallest absolute Gasteiger partial charge is 0.166 e. The van der Waals surface area contributed by atoms with Crippen molar-refractivity contribution in [1.82, 2.24) is 0 Å². The maximum atomic E-state index is 12.9. The molecule has 0 amide bonds. The lowest BCUT2D eigenvalue weighted by Gasteiger charge is -2.35. The van der Waals surface area contributed by atoms with Gasteiger partial charge < -0.3 is 0 Å². The second-order valence-electron chi connectivity index (χ2n) is 7.33. The predicted octanol–water partition coefficient (Wildman–Crippen LogP) is 6.06. The quantitative estimate of drug-likeness (QED) is 0.650. The third-order valence-electron chi connectivity index (χ3n) is 6.03. The number of rotatable bonds is 2. The Hall–Kier alpha value is -1.60. The van der Waals surface area contributed by atoms with Crippen molar-refractivity contribution in [1.29, 1.82) is 0 Å². The number of aryl methyl sites for hydroxylation is 1. The predicted molar refractivity (Wildman–Crippen MR) is 98.7 cm³/mol. The highest BCUT2D eigenvalue weighted by Gasteiger charge is 2.35. The number of halogens is 1. The van der Waals surface area contributed by atoms with E-state index in [1.54, 1.807) is 0 Å². The van der Waals surface area contributed by atoms with Gasteiger partial charge in [0, 0.05) is 16.5 Å². The zero-order valence-electron chi connectivity index (χ0n) is 13.9. The minimum absolute atomic E-state index is 0.242. The molecular formula is C22H23ClO. The fourth-order valence-electron chi connectivity index (χ4n) is 4.66. The van der Waals surface area contributed by atoms with Crippen molar-refractivity contribution in [2.24, 2.45) is 11.8 Å². The first-order valence-electron chi connectivity index (χ1n) is 9.10. The number of ketones is 1. The van der Waals surface area contributed by atoms with Crippen molar-refractivity contribution in [2.45, 2.75) is 44.4 Å². The Balaban J connectivity index is 1.43. The molecule has 0 bridgehead atoms. The fraction of sp³-hybridized carbons (Fsp3) is 0.409. The summed E-state index contributed by atoms with van der Waals surface area (Å²) in [5, 5.41) is 0.805. The molecule has 24 heavy (non-hydrogen) atoms. The van der Waals surface area contributed by atoms with Crippen molar-refractivity contribution in [3.8, 4) is 0 Å². The minimum atomic E-state index is 0.242. The zero-order valence-corrected chi connectivity index (χ0v) is 14.6. The summed E-state index contributed by atoms with van der Waals surface area (Å²) >= 11 is 6.00. The van der Waals surface area contributed by atoms with E-state index in [0.29, 0.717) is 17.6 Å². The van der Waals surface area contributed by atoms with Crippen LogP contribution < -0.4 is 0 Å². The van der Waals surface area contributed by atoms with Gasteiger partial charge in [-0.3, -0.25) is 4.79 Å². The Labute approximate surface area is 149 Å². The molecule has 2 aliphatic carbocycles. The molecule has 0 N–H and O–H groups in total. The summed E-state index contributed by atoms with van der Waals surface area (Å²) in [6.07, 6.45) is 6.82. The van der Waals surface area contributed by atoms with Crippen LogP contribution in [-0.4, -0.2) is 5.78 Å². The fourth-order valence-corrected chi connectivity index (χ4v) is 4.79. The lowest BCUT2D eigenvalue weighted by molar-refractivity contribution is 0.0813. The van der Waals surface area contributed by atoms with Gasteiger partial charge in [0.15, 0.2) is 5.78 Å². The Bertz CT molecular complexity index is 726. The summed E-state index contributed by atoms with van der Waals surface area (Å²) in [7, 11) is 0. The Kier molecular flexibility index (Phi) is 4.45. The van der Waals surface area contributed by atoms with Gasteiger partial charge in [0.1, 0.15) is 0 Å². The summed E-state index contributed by atoms with van der Waals surface area (Å²) in [4.78, 5) is 12.9. The van der Waals surface area contributed by atoms with Crippen LogP contribution in [0.2, 0.25) is 5.02 Å². The van der Waals surface area contributed by atoms with Crippen LogP contribution in [0.15, 0.2) is 48.5 Å². The van der Waals surface area contributed by atoms with Crippen LogP contribution in [-0.2, 0) is 6.42 Å². The topological polar surface area (TPSA) is 17.1 Å². The first kappa shape index (κ1) is 15.9. The molecule has 0 heterocycles. The maximum absolute atomic E-state index is 12.9. The number of hydrogen-bond donors (Lipinski definition) is 0. The van der Waals surface area contributed by atoms with E-state index in [2.05, 4.69) is 18.2 Å². The van der Waals surface area contributed by atoms with Crippen LogP contribution >= 0.6 is 11.6 Å². The number of benzene rings is 2. The molecule has 0 spiro atoms. The molecule has 0 saturated heterocycles. The van der Waals surface area contributed by atoms with Crippen LogP contribution in [0.25, 0.3) is 0 Å². The molecule has 0 aliphatic heterocycles. The van der Waals surface area contributed by atoms with Crippen LogP contribution in [0, 0.1) is 11.8 Å². The van der Waals surface area contributed by atoms with Gasteiger partial charge in [-0.1, -0.05) is 48.0 Å². The average Bonchev–Trinajstić information content (AvgIpc) is 2.63. The molecule has 4 rings (SSSR count). The van der Waals surface area contributed by atoms with E-state index in [4.69, 9.17) is 11.6 Å². The van der Waals surface area contributed by atoms with E-state index >= 15 is 0 Å². The van der Waals surface area contributed by atoms with E-state index in [9.17, 15) is 4.79 Å². The van der Waals surface area contributed by atoms with Gasteiger partial charge in [-0.2, -0.15) is 0 Å². The van der Waals surface area contributed by atoms with Crippen LogP contribution in [0.3, 0.4) is 0 Å². The molecule has 0 radical (unpaired) electrons. The molecule has 1 fully saturated rings. The monoisotopic (exact) mass is 338 g/mol. The Morgan fingerprint density at radius 3 is 2.29 bits per heavy atom. The van der Waals surface area contributed by atoms with Crippen LogP contribution in [0.4, 0.5) is 0 Å². The lowest BCUT2D eigenvalue weighted by atomic mass is 9.68. The molecule has 1 unspecified atom stereocenters. The summed E-state index contributed by atoms with van der Waals surface area (Å²) in [5.41, 5.74) is 3.63. The third kappa shape index (κ3) is 3.02. The average molecular weight is 339 g/mol. The van der Waals surface area contributed by atoms with Gasteiger partial charge >= 0.3 is 0 Å². The van der Waals surface area contributed by atoms with Crippen LogP contribution in [0.1, 0.15) is 59.5 Å². The lowest BCUT2D eigenvalue weighted by Crippen LogP contribution is -2.31. The highest BCUT2D eigenvalue weighted by molar-refractivity contribution is 6.30. The van der Waals surface area contributed by atoms with Gasteiger partial charge in [-0.25, -0.2) is 0 Å². The van der Waals surface area contributed by atoms with Gasteiger partial charge in [0.25, 0.3) is 0 Å². The highest BCUT2D eigenvalue weighted by atomic mass is 35.5. The number of fused-ring (bicyclic) bond motifs is 1. The molecule has 1 atom stereocenters. The van der Waals surface area contributed by atoms with Gasteiger partial charge in [0.05, 0.1) is 0 Å².